The van der Waals surface area contributed by atoms with Crippen LogP contribution in [0.4, 0.5) is 0 Å². The maximum Gasteiger partial charge on any atom is 0.0801 e. The highest BCUT2D eigenvalue weighted by Gasteiger charge is 2.34. The van der Waals surface area contributed by atoms with E-state index in [1.54, 1.807) is 0 Å². The van der Waals surface area contributed by atoms with Gasteiger partial charge < -0.3 is 10.1 Å². The predicted octanol–water partition coefficient (Wildman–Crippen LogP) is 2.19. The van der Waals surface area contributed by atoms with Crippen LogP contribution in [0.2, 0.25) is 0 Å². The third-order valence-corrected chi connectivity index (χ3v) is 3.30. The van der Waals surface area contributed by atoms with Gasteiger partial charge in [0.15, 0.2) is 0 Å². The summed E-state index contributed by atoms with van der Waals surface area (Å²) in [4.78, 5) is 0. The Labute approximate surface area is 82.0 Å². The normalized spacial score (nSPS) is 34.6. The number of hydrogen-bond acceptors (Lipinski definition) is 2. The Morgan fingerprint density at radius 3 is 2.38 bits per heavy atom. The molecule has 0 aromatic rings. The minimum Gasteiger partial charge on any atom is -0.374 e. The molecule has 2 nitrogen and oxygen atoms in total. The third kappa shape index (κ3) is 2.68. The summed E-state index contributed by atoms with van der Waals surface area (Å²) in [6.45, 7) is 12.9. The van der Waals surface area contributed by atoms with Gasteiger partial charge in [-0.15, -0.1) is 0 Å². The summed E-state index contributed by atoms with van der Waals surface area (Å²) in [6, 6.07) is 0. The van der Waals surface area contributed by atoms with Crippen LogP contribution >= 0.6 is 0 Å². The molecule has 1 unspecified atom stereocenters. The van der Waals surface area contributed by atoms with Crippen LogP contribution in [-0.2, 0) is 4.74 Å². The van der Waals surface area contributed by atoms with Crippen LogP contribution in [0.5, 0.6) is 0 Å². The lowest BCUT2D eigenvalue weighted by molar-refractivity contribution is -0.0521. The van der Waals surface area contributed by atoms with E-state index >= 15 is 0 Å². The average Bonchev–Trinajstić information content (AvgIpc) is 2.12. The van der Waals surface area contributed by atoms with Crippen molar-refractivity contribution in [3.8, 4) is 0 Å². The molecular formula is C11H23NO. The first-order chi connectivity index (χ1) is 5.86. The number of nitrogens with one attached hydrogen (secondary N) is 1. The second-order valence-electron chi connectivity index (χ2n) is 5.30. The van der Waals surface area contributed by atoms with Crippen molar-refractivity contribution < 1.29 is 4.74 Å². The lowest BCUT2D eigenvalue weighted by atomic mass is 9.91. The van der Waals surface area contributed by atoms with Gasteiger partial charge in [0, 0.05) is 18.7 Å². The predicted molar refractivity (Wildman–Crippen MR) is 55.9 cm³/mol. The zero-order chi connectivity index (χ0) is 10.1. The molecule has 1 N–H and O–H groups in total. The SMILES string of the molecule is CC(C)C1(C)CNC(C)(C)CCO1. The summed E-state index contributed by atoms with van der Waals surface area (Å²) in [6.07, 6.45) is 1.09. The number of rotatable bonds is 1. The van der Waals surface area contributed by atoms with Gasteiger partial charge in [0.2, 0.25) is 0 Å². The number of hydrogen-bond donors (Lipinski definition) is 1. The zero-order valence-electron chi connectivity index (χ0n) is 9.61. The van der Waals surface area contributed by atoms with Gasteiger partial charge in [-0.1, -0.05) is 13.8 Å². The van der Waals surface area contributed by atoms with E-state index in [-0.39, 0.29) is 11.1 Å². The van der Waals surface area contributed by atoms with E-state index in [2.05, 4.69) is 39.9 Å². The molecule has 1 heterocycles. The Bertz CT molecular complexity index is 177. The molecule has 2 heteroatoms. The topological polar surface area (TPSA) is 21.3 Å². The molecule has 0 aromatic carbocycles. The summed E-state index contributed by atoms with van der Waals surface area (Å²) in [5.41, 5.74) is 0.237. The highest BCUT2D eigenvalue weighted by molar-refractivity contribution is 4.90. The molecule has 0 aromatic heterocycles. The summed E-state index contributed by atoms with van der Waals surface area (Å²) in [5.74, 6) is 0.564. The fraction of sp³-hybridized carbons (Fsp3) is 1.00. The summed E-state index contributed by atoms with van der Waals surface area (Å²) >= 11 is 0. The van der Waals surface area contributed by atoms with Gasteiger partial charge in [0.1, 0.15) is 0 Å². The van der Waals surface area contributed by atoms with E-state index in [0.717, 1.165) is 19.6 Å². The molecule has 78 valence electrons. The highest BCUT2D eigenvalue weighted by atomic mass is 16.5. The molecule has 1 aliphatic heterocycles. The third-order valence-electron chi connectivity index (χ3n) is 3.30. The molecule has 1 fully saturated rings. The van der Waals surface area contributed by atoms with Gasteiger partial charge in [0.25, 0.3) is 0 Å². The molecule has 1 aliphatic rings. The van der Waals surface area contributed by atoms with Crippen LogP contribution < -0.4 is 5.32 Å². The van der Waals surface area contributed by atoms with E-state index in [1.165, 1.54) is 0 Å². The Morgan fingerprint density at radius 2 is 1.85 bits per heavy atom. The largest absolute Gasteiger partial charge is 0.374 e. The van der Waals surface area contributed by atoms with Crippen LogP contribution in [0.1, 0.15) is 41.0 Å². The minimum absolute atomic E-state index is 0.00771. The van der Waals surface area contributed by atoms with Gasteiger partial charge in [-0.25, -0.2) is 0 Å². The molecular weight excluding hydrogens is 162 g/mol. The van der Waals surface area contributed by atoms with Gasteiger partial charge in [-0.2, -0.15) is 0 Å². The summed E-state index contributed by atoms with van der Waals surface area (Å²) < 4.78 is 5.92. The molecule has 0 bridgehead atoms. The van der Waals surface area contributed by atoms with Crippen molar-refractivity contribution in [3.05, 3.63) is 0 Å². The van der Waals surface area contributed by atoms with Gasteiger partial charge in [-0.05, 0) is 33.1 Å². The van der Waals surface area contributed by atoms with E-state index < -0.39 is 0 Å². The Morgan fingerprint density at radius 1 is 1.23 bits per heavy atom. The molecule has 0 spiro atoms. The molecule has 0 radical (unpaired) electrons. The standard InChI is InChI=1S/C11H23NO/c1-9(2)11(5)8-12-10(3,4)6-7-13-11/h9,12H,6-8H2,1-5H3. The fourth-order valence-corrected chi connectivity index (χ4v) is 1.46. The van der Waals surface area contributed by atoms with E-state index in [0.29, 0.717) is 5.92 Å². The quantitative estimate of drug-likeness (QED) is 0.676. The Hall–Kier alpha value is -0.0800. The monoisotopic (exact) mass is 185 g/mol. The van der Waals surface area contributed by atoms with Crippen LogP contribution in [0.3, 0.4) is 0 Å². The first-order valence-electron chi connectivity index (χ1n) is 5.25. The van der Waals surface area contributed by atoms with Gasteiger partial charge in [0.05, 0.1) is 5.60 Å². The van der Waals surface area contributed by atoms with Crippen molar-refractivity contribution >= 4 is 0 Å². The van der Waals surface area contributed by atoms with E-state index in [4.69, 9.17) is 4.74 Å². The van der Waals surface area contributed by atoms with Crippen molar-refractivity contribution in [2.24, 2.45) is 5.92 Å². The fourth-order valence-electron chi connectivity index (χ4n) is 1.46. The van der Waals surface area contributed by atoms with E-state index in [9.17, 15) is 0 Å². The summed E-state index contributed by atoms with van der Waals surface area (Å²) in [7, 11) is 0. The molecule has 1 rings (SSSR count). The first kappa shape index (κ1) is 11.0. The second kappa shape index (κ2) is 3.58. The second-order valence-corrected chi connectivity index (χ2v) is 5.30. The van der Waals surface area contributed by atoms with Crippen LogP contribution in [-0.4, -0.2) is 24.3 Å². The highest BCUT2D eigenvalue weighted by Crippen LogP contribution is 2.25. The van der Waals surface area contributed by atoms with Crippen LogP contribution in [0, 0.1) is 5.92 Å². The van der Waals surface area contributed by atoms with Gasteiger partial charge >= 0.3 is 0 Å². The van der Waals surface area contributed by atoms with Gasteiger partial charge in [-0.3, -0.25) is 0 Å². The average molecular weight is 185 g/mol. The maximum atomic E-state index is 5.92. The van der Waals surface area contributed by atoms with Crippen molar-refractivity contribution in [2.75, 3.05) is 13.2 Å². The van der Waals surface area contributed by atoms with Crippen molar-refractivity contribution in [3.63, 3.8) is 0 Å². The molecule has 13 heavy (non-hydrogen) atoms. The van der Waals surface area contributed by atoms with Crippen molar-refractivity contribution in [2.45, 2.75) is 52.2 Å². The van der Waals surface area contributed by atoms with Crippen LogP contribution in [0.25, 0.3) is 0 Å². The minimum atomic E-state index is 0.00771. The summed E-state index contributed by atoms with van der Waals surface area (Å²) in [5, 5.41) is 3.57. The smallest absolute Gasteiger partial charge is 0.0801 e. The Kier molecular flexibility index (Phi) is 3.03. The van der Waals surface area contributed by atoms with Crippen molar-refractivity contribution in [1.29, 1.82) is 0 Å². The lowest BCUT2D eigenvalue weighted by Gasteiger charge is -2.33. The molecule has 1 atom stereocenters. The first-order valence-corrected chi connectivity index (χ1v) is 5.25. The molecule has 0 aliphatic carbocycles. The molecule has 1 saturated heterocycles. The number of ether oxygens (including phenoxy) is 1. The Balaban J connectivity index is 2.63. The molecule has 0 saturated carbocycles. The van der Waals surface area contributed by atoms with E-state index in [1.807, 2.05) is 0 Å². The maximum absolute atomic E-state index is 5.92. The molecule has 0 amide bonds. The van der Waals surface area contributed by atoms with Crippen molar-refractivity contribution in [1.82, 2.24) is 5.32 Å². The van der Waals surface area contributed by atoms with Crippen LogP contribution in [0.15, 0.2) is 0 Å². The zero-order valence-corrected chi connectivity index (χ0v) is 9.61. The lowest BCUT2D eigenvalue weighted by Crippen LogP contribution is -2.47.